The lowest BCUT2D eigenvalue weighted by molar-refractivity contribution is 0.455. The van der Waals surface area contributed by atoms with Gasteiger partial charge in [0.1, 0.15) is 21.9 Å². The summed E-state index contributed by atoms with van der Waals surface area (Å²) in [4.78, 5) is 10.3. The fraction of sp³-hybridized carbons (Fsp3) is 0.100. The molecule has 6 aromatic rings. The second-order valence-corrected chi connectivity index (χ2v) is 25.2. The van der Waals surface area contributed by atoms with Crippen molar-refractivity contribution in [3.8, 4) is 11.5 Å². The molecule has 7 heteroatoms. The zero-order valence-corrected chi connectivity index (χ0v) is 31.2. The normalized spacial score (nSPS) is 15.9. The zero-order valence-electron chi connectivity index (χ0n) is 26.7. The number of nitrogens with zero attached hydrogens (tertiary/aromatic N) is 1. The lowest BCUT2D eigenvalue weighted by Gasteiger charge is -2.39. The molecule has 0 amide bonds. The van der Waals surface area contributed by atoms with Gasteiger partial charge in [-0.15, -0.1) is 0 Å². The van der Waals surface area contributed by atoms with Crippen molar-refractivity contribution in [3.05, 3.63) is 127 Å². The fourth-order valence-electron chi connectivity index (χ4n) is 7.35. The average molecular weight is 696 g/mol. The molecule has 230 valence electrons. The Kier molecular flexibility index (Phi) is 6.89. The predicted molar refractivity (Wildman–Crippen MR) is 206 cm³/mol. The fourth-order valence-corrected chi connectivity index (χ4v) is 19.4. The average Bonchev–Trinajstić information content (AvgIpc) is 3.08. The van der Waals surface area contributed by atoms with Crippen LogP contribution in [0.4, 0.5) is 17.1 Å². The van der Waals surface area contributed by atoms with E-state index in [0.29, 0.717) is 0 Å². The van der Waals surface area contributed by atoms with E-state index >= 15 is 0 Å². The van der Waals surface area contributed by atoms with Crippen LogP contribution in [0, 0.1) is 0 Å². The van der Waals surface area contributed by atoms with Crippen LogP contribution in [0.25, 0.3) is 0 Å². The van der Waals surface area contributed by atoms with Gasteiger partial charge in [0.05, 0.1) is 26.9 Å². The molecular formula is C40H33NOS3Si2. The minimum absolute atomic E-state index is 0.913. The molecule has 3 aliphatic rings. The third-order valence-electron chi connectivity index (χ3n) is 9.84. The molecule has 3 aliphatic heterocycles. The molecule has 0 unspecified atom stereocenters. The lowest BCUT2D eigenvalue weighted by Crippen LogP contribution is -2.56. The summed E-state index contributed by atoms with van der Waals surface area (Å²) >= 11 is 5.65. The first-order valence-corrected chi connectivity index (χ1v) is 24.5. The smallest absolute Gasteiger partial charge is 0.165 e. The van der Waals surface area contributed by atoms with Gasteiger partial charge in [-0.3, -0.25) is 0 Å². The SMILES string of the molecule is C[Si]1(C)c2ccccc2Sc2c(N(c3cccc4c3Oc3ccccc3S4)c3cccc4c3Sc3ccccc3[Si]4(C)C)cccc21. The van der Waals surface area contributed by atoms with Gasteiger partial charge in [0.15, 0.2) is 5.75 Å². The van der Waals surface area contributed by atoms with Crippen LogP contribution in [0.5, 0.6) is 11.5 Å². The lowest BCUT2D eigenvalue weighted by atomic mass is 10.1. The van der Waals surface area contributed by atoms with E-state index in [2.05, 4.69) is 158 Å². The Labute approximate surface area is 291 Å². The molecule has 0 aromatic heterocycles. The number of anilines is 3. The Hall–Kier alpha value is -3.60. The van der Waals surface area contributed by atoms with Crippen molar-refractivity contribution in [1.82, 2.24) is 0 Å². The molecule has 0 radical (unpaired) electrons. The van der Waals surface area contributed by atoms with E-state index in [9.17, 15) is 0 Å². The van der Waals surface area contributed by atoms with E-state index < -0.39 is 16.1 Å². The molecule has 9 rings (SSSR count). The molecule has 3 heterocycles. The predicted octanol–water partition coefficient (Wildman–Crippen LogP) is 9.99. The first-order chi connectivity index (χ1) is 22.8. The molecule has 2 nitrogen and oxygen atoms in total. The highest BCUT2D eigenvalue weighted by molar-refractivity contribution is 8.00. The topological polar surface area (TPSA) is 12.5 Å². The summed E-state index contributed by atoms with van der Waals surface area (Å²) < 4.78 is 6.86. The Morgan fingerprint density at radius 2 is 0.872 bits per heavy atom. The van der Waals surface area contributed by atoms with Gasteiger partial charge in [-0.05, 0) is 69.3 Å². The third-order valence-corrected chi connectivity index (χ3v) is 21.2. The van der Waals surface area contributed by atoms with Crippen LogP contribution in [0.15, 0.2) is 157 Å². The standard InChI is InChI=1S/C40H33NOS3Si2/c1-46(2)34-22-9-7-19-31(34)44-39-27(15-12-24-36(39)46)41(26-14-11-21-33-38(26)42-29-17-5-6-18-30(29)43-33)28-16-13-25-37-40(28)45-32-20-8-10-23-35(32)47(37,3)4/h5-25H,1-4H3. The molecule has 47 heavy (non-hydrogen) atoms. The molecular weight excluding hydrogens is 663 g/mol. The number of hydrogen-bond acceptors (Lipinski definition) is 5. The summed E-state index contributed by atoms with van der Waals surface area (Å²) in [6, 6.07) is 47.1. The monoisotopic (exact) mass is 695 g/mol. The van der Waals surface area contributed by atoms with Crippen LogP contribution in [0.1, 0.15) is 0 Å². The quantitative estimate of drug-likeness (QED) is 0.170. The number of fused-ring (bicyclic) bond motifs is 6. The molecule has 0 bridgehead atoms. The minimum atomic E-state index is -1.97. The van der Waals surface area contributed by atoms with Gasteiger partial charge in [-0.25, -0.2) is 0 Å². The molecule has 0 saturated carbocycles. The van der Waals surface area contributed by atoms with E-state index in [1.165, 1.54) is 51.7 Å². The highest BCUT2D eigenvalue weighted by atomic mass is 32.2. The Morgan fingerprint density at radius 3 is 1.47 bits per heavy atom. The Bertz CT molecular complexity index is 2140. The number of rotatable bonds is 3. The van der Waals surface area contributed by atoms with Crippen molar-refractivity contribution in [2.45, 2.75) is 55.6 Å². The second kappa shape index (κ2) is 11.0. The Balaban J connectivity index is 1.32. The van der Waals surface area contributed by atoms with Crippen molar-refractivity contribution >= 4 is 89.2 Å². The molecule has 0 aliphatic carbocycles. The molecule has 0 atom stereocenters. The summed E-state index contributed by atoms with van der Waals surface area (Å²) in [6.07, 6.45) is 0. The van der Waals surface area contributed by atoms with Crippen LogP contribution < -0.4 is 30.4 Å². The van der Waals surface area contributed by atoms with Gasteiger partial charge in [0.25, 0.3) is 0 Å². The van der Waals surface area contributed by atoms with E-state index in [4.69, 9.17) is 4.74 Å². The van der Waals surface area contributed by atoms with Gasteiger partial charge in [0, 0.05) is 19.6 Å². The van der Waals surface area contributed by atoms with E-state index in [0.717, 1.165) is 27.0 Å². The summed E-state index contributed by atoms with van der Waals surface area (Å²) in [5.74, 6) is 1.83. The van der Waals surface area contributed by atoms with Gasteiger partial charge in [-0.1, -0.05) is 140 Å². The zero-order chi connectivity index (χ0) is 31.9. The van der Waals surface area contributed by atoms with Gasteiger partial charge in [0.2, 0.25) is 0 Å². The first-order valence-electron chi connectivity index (χ1n) is 16.0. The highest BCUT2D eigenvalue weighted by Gasteiger charge is 2.40. The van der Waals surface area contributed by atoms with E-state index in [-0.39, 0.29) is 0 Å². The van der Waals surface area contributed by atoms with Crippen molar-refractivity contribution in [3.63, 3.8) is 0 Å². The second-order valence-electron chi connectivity index (χ2n) is 13.3. The summed E-state index contributed by atoms with van der Waals surface area (Å²) in [5.41, 5.74) is 3.51. The van der Waals surface area contributed by atoms with Crippen molar-refractivity contribution in [1.29, 1.82) is 0 Å². The van der Waals surface area contributed by atoms with Crippen molar-refractivity contribution in [2.24, 2.45) is 0 Å². The maximum Gasteiger partial charge on any atom is 0.165 e. The van der Waals surface area contributed by atoms with Crippen LogP contribution in [0.2, 0.25) is 26.2 Å². The van der Waals surface area contributed by atoms with E-state index in [1.54, 1.807) is 11.8 Å². The summed E-state index contributed by atoms with van der Waals surface area (Å²) in [7, 11) is -3.93. The van der Waals surface area contributed by atoms with Crippen LogP contribution in [-0.4, -0.2) is 16.1 Å². The van der Waals surface area contributed by atoms with E-state index in [1.807, 2.05) is 23.5 Å². The number of ether oxygens (including phenoxy) is 1. The largest absolute Gasteiger partial charge is 0.453 e. The third kappa shape index (κ3) is 4.55. The Morgan fingerprint density at radius 1 is 0.426 bits per heavy atom. The summed E-state index contributed by atoms with van der Waals surface area (Å²) in [5, 5.41) is 6.02. The number of hydrogen-bond donors (Lipinski definition) is 0. The molecule has 0 spiro atoms. The highest BCUT2D eigenvalue weighted by Crippen LogP contribution is 2.55. The van der Waals surface area contributed by atoms with Gasteiger partial charge < -0.3 is 9.64 Å². The first kappa shape index (κ1) is 29.5. The number of para-hydroxylation sites is 2. The van der Waals surface area contributed by atoms with Crippen LogP contribution in [-0.2, 0) is 0 Å². The maximum atomic E-state index is 6.86. The minimum Gasteiger partial charge on any atom is -0.453 e. The van der Waals surface area contributed by atoms with Crippen LogP contribution in [0.3, 0.4) is 0 Å². The van der Waals surface area contributed by atoms with Gasteiger partial charge in [-0.2, -0.15) is 0 Å². The van der Waals surface area contributed by atoms with Crippen LogP contribution >= 0.6 is 35.3 Å². The van der Waals surface area contributed by atoms with Gasteiger partial charge >= 0.3 is 0 Å². The maximum absolute atomic E-state index is 6.86. The van der Waals surface area contributed by atoms with Crippen molar-refractivity contribution < 1.29 is 4.74 Å². The summed E-state index contributed by atoms with van der Waals surface area (Å²) in [6.45, 7) is 10.0. The van der Waals surface area contributed by atoms with Crippen molar-refractivity contribution in [2.75, 3.05) is 4.90 Å². The molecule has 0 N–H and O–H groups in total. The molecule has 0 fully saturated rings. The molecule has 6 aromatic carbocycles. The number of benzene rings is 6. The molecule has 0 saturated heterocycles.